The van der Waals surface area contributed by atoms with E-state index in [1.165, 1.54) is 22.6 Å². The summed E-state index contributed by atoms with van der Waals surface area (Å²) in [5.41, 5.74) is 4.43. The van der Waals surface area contributed by atoms with Crippen LogP contribution in [0.15, 0.2) is 66.7 Å². The second-order valence-electron chi connectivity index (χ2n) is 7.94. The molecule has 4 aromatic rings. The predicted molar refractivity (Wildman–Crippen MR) is 125 cm³/mol. The molecule has 0 unspecified atom stereocenters. The van der Waals surface area contributed by atoms with Crippen molar-refractivity contribution >= 4 is 44.7 Å². The van der Waals surface area contributed by atoms with Crippen LogP contribution in [-0.2, 0) is 9.59 Å². The normalized spacial score (nSPS) is 16.0. The maximum atomic E-state index is 13.2. The van der Waals surface area contributed by atoms with Gasteiger partial charge in [0.1, 0.15) is 10.8 Å². The molecule has 0 aliphatic carbocycles. The molecule has 1 aliphatic rings. The minimum Gasteiger partial charge on any atom is -0.326 e. The van der Waals surface area contributed by atoms with Crippen LogP contribution in [0.5, 0.6) is 0 Å². The third-order valence-corrected chi connectivity index (χ3v) is 6.64. The van der Waals surface area contributed by atoms with Gasteiger partial charge in [0.15, 0.2) is 0 Å². The van der Waals surface area contributed by atoms with Crippen LogP contribution in [0.1, 0.15) is 12.0 Å². The van der Waals surface area contributed by atoms with Crippen molar-refractivity contribution in [1.82, 2.24) is 4.98 Å². The van der Waals surface area contributed by atoms with E-state index in [-0.39, 0.29) is 30.6 Å². The van der Waals surface area contributed by atoms with Crippen LogP contribution in [0.3, 0.4) is 0 Å². The monoisotopic (exact) mass is 445 g/mol. The largest absolute Gasteiger partial charge is 0.326 e. The fourth-order valence-corrected chi connectivity index (χ4v) is 4.92. The Bertz CT molecular complexity index is 1320. The number of halogens is 1. The number of nitrogens with one attached hydrogen (secondary N) is 1. The van der Waals surface area contributed by atoms with E-state index in [1.807, 2.05) is 30.3 Å². The molecule has 1 aromatic heterocycles. The van der Waals surface area contributed by atoms with Gasteiger partial charge in [0.25, 0.3) is 0 Å². The van der Waals surface area contributed by atoms with E-state index in [0.717, 1.165) is 20.8 Å². The number of anilines is 2. The molecule has 3 aromatic carbocycles. The number of hydrogen-bond donors (Lipinski definition) is 1. The van der Waals surface area contributed by atoms with Crippen LogP contribution in [0.2, 0.25) is 0 Å². The number of nitrogens with zero attached hydrogens (tertiary/aromatic N) is 2. The van der Waals surface area contributed by atoms with Gasteiger partial charge in [-0.2, -0.15) is 0 Å². The summed E-state index contributed by atoms with van der Waals surface area (Å²) in [4.78, 5) is 31.3. The van der Waals surface area contributed by atoms with Crippen LogP contribution < -0.4 is 10.2 Å². The number of benzene rings is 3. The first-order valence-corrected chi connectivity index (χ1v) is 11.1. The zero-order valence-corrected chi connectivity index (χ0v) is 18.2. The summed E-state index contributed by atoms with van der Waals surface area (Å²) >= 11 is 1.64. The summed E-state index contributed by atoms with van der Waals surface area (Å²) in [6.45, 7) is 2.34. The van der Waals surface area contributed by atoms with Gasteiger partial charge in [-0.05, 0) is 73.2 Å². The van der Waals surface area contributed by atoms with E-state index in [0.29, 0.717) is 11.4 Å². The molecule has 0 bridgehead atoms. The zero-order chi connectivity index (χ0) is 22.2. The van der Waals surface area contributed by atoms with E-state index >= 15 is 0 Å². The molecule has 1 saturated heterocycles. The molecule has 0 spiro atoms. The minimum absolute atomic E-state index is 0.131. The highest BCUT2D eigenvalue weighted by molar-refractivity contribution is 7.21. The number of thiazole rings is 1. The molecule has 1 atom stereocenters. The Labute approximate surface area is 188 Å². The maximum Gasteiger partial charge on any atom is 0.229 e. The van der Waals surface area contributed by atoms with Gasteiger partial charge < -0.3 is 10.2 Å². The lowest BCUT2D eigenvalue weighted by molar-refractivity contribution is -0.122. The average molecular weight is 446 g/mol. The Hall–Kier alpha value is -3.58. The maximum absolute atomic E-state index is 13.2. The lowest BCUT2D eigenvalue weighted by atomic mass is 10.1. The first kappa shape index (κ1) is 20.3. The van der Waals surface area contributed by atoms with Crippen LogP contribution in [0, 0.1) is 18.7 Å². The number of hydrogen-bond acceptors (Lipinski definition) is 4. The summed E-state index contributed by atoms with van der Waals surface area (Å²) < 4.78 is 14.3. The van der Waals surface area contributed by atoms with E-state index in [1.54, 1.807) is 23.5 Å². The van der Waals surface area contributed by atoms with Crippen LogP contribution >= 0.6 is 11.3 Å². The number of rotatable bonds is 4. The second kappa shape index (κ2) is 8.16. The highest BCUT2D eigenvalue weighted by atomic mass is 32.1. The molecule has 0 saturated carbocycles. The molecular weight excluding hydrogens is 425 g/mol. The van der Waals surface area contributed by atoms with Gasteiger partial charge in [0.05, 0.1) is 16.1 Å². The number of fused-ring (bicyclic) bond motifs is 1. The number of aromatic nitrogens is 1. The van der Waals surface area contributed by atoms with E-state index in [2.05, 4.69) is 24.4 Å². The quantitative estimate of drug-likeness (QED) is 0.457. The lowest BCUT2D eigenvalue weighted by Crippen LogP contribution is -2.28. The van der Waals surface area contributed by atoms with Gasteiger partial charge in [0.2, 0.25) is 11.8 Å². The lowest BCUT2D eigenvalue weighted by Gasteiger charge is -2.16. The van der Waals surface area contributed by atoms with Gasteiger partial charge in [-0.3, -0.25) is 9.59 Å². The smallest absolute Gasteiger partial charge is 0.229 e. The number of amides is 2. The van der Waals surface area contributed by atoms with Gasteiger partial charge >= 0.3 is 0 Å². The van der Waals surface area contributed by atoms with Crippen molar-refractivity contribution in [3.05, 3.63) is 78.1 Å². The number of carbonyl (C=O) groups excluding carboxylic acids is 2. The highest BCUT2D eigenvalue weighted by Gasteiger charge is 2.35. The van der Waals surface area contributed by atoms with Crippen molar-refractivity contribution in [2.24, 2.45) is 5.92 Å². The van der Waals surface area contributed by atoms with Crippen molar-refractivity contribution in [1.29, 1.82) is 0 Å². The first-order valence-electron chi connectivity index (χ1n) is 10.3. The van der Waals surface area contributed by atoms with Crippen LogP contribution in [-0.4, -0.2) is 23.3 Å². The zero-order valence-electron chi connectivity index (χ0n) is 17.3. The molecule has 2 heterocycles. The van der Waals surface area contributed by atoms with Crippen LogP contribution in [0.25, 0.3) is 20.8 Å². The van der Waals surface area contributed by atoms with Gasteiger partial charge in [-0.15, -0.1) is 11.3 Å². The molecule has 0 radical (unpaired) electrons. The van der Waals surface area contributed by atoms with E-state index in [4.69, 9.17) is 4.98 Å². The fourth-order valence-electron chi connectivity index (χ4n) is 3.85. The van der Waals surface area contributed by atoms with E-state index < -0.39 is 5.92 Å². The molecule has 1 N–H and O–H groups in total. The Morgan fingerprint density at radius 1 is 1.09 bits per heavy atom. The average Bonchev–Trinajstić information content (AvgIpc) is 3.38. The summed E-state index contributed by atoms with van der Waals surface area (Å²) in [7, 11) is 0. The van der Waals surface area contributed by atoms with Crippen molar-refractivity contribution < 1.29 is 14.0 Å². The number of aryl methyl sites for hydroxylation is 1. The van der Waals surface area contributed by atoms with Crippen LogP contribution in [0.4, 0.5) is 15.8 Å². The Kier molecular flexibility index (Phi) is 5.19. The number of carbonyl (C=O) groups is 2. The molecule has 5 nitrogen and oxygen atoms in total. The molecule has 1 fully saturated rings. The van der Waals surface area contributed by atoms with Crippen molar-refractivity contribution in [2.75, 3.05) is 16.8 Å². The summed E-state index contributed by atoms with van der Waals surface area (Å²) in [6, 6.07) is 19.5. The standard InChI is InChI=1S/C25H20FN3O2S/c1-15-2-11-21-22(12-15)32-25(28-21)16-3-7-19(8-4-16)27-24(31)17-13-23(30)29(14-17)20-9-5-18(26)6-10-20/h2-12,17H,13-14H2,1H3,(H,27,31)/t17-/m0/s1. The summed E-state index contributed by atoms with van der Waals surface area (Å²) in [6.07, 6.45) is 0.131. The fraction of sp³-hybridized carbons (Fsp3) is 0.160. The third kappa shape index (κ3) is 3.99. The van der Waals surface area contributed by atoms with Crippen molar-refractivity contribution in [2.45, 2.75) is 13.3 Å². The second-order valence-corrected chi connectivity index (χ2v) is 8.97. The Balaban J connectivity index is 1.26. The molecule has 1 aliphatic heterocycles. The molecular formula is C25H20FN3O2S. The predicted octanol–water partition coefficient (Wildman–Crippen LogP) is 5.40. The molecule has 32 heavy (non-hydrogen) atoms. The van der Waals surface area contributed by atoms with Gasteiger partial charge in [0, 0.05) is 29.9 Å². The highest BCUT2D eigenvalue weighted by Crippen LogP contribution is 2.32. The van der Waals surface area contributed by atoms with Gasteiger partial charge in [-0.25, -0.2) is 9.37 Å². The molecule has 160 valence electrons. The van der Waals surface area contributed by atoms with Crippen molar-refractivity contribution in [3.8, 4) is 10.6 Å². The minimum atomic E-state index is -0.459. The van der Waals surface area contributed by atoms with Crippen molar-refractivity contribution in [3.63, 3.8) is 0 Å². The molecule has 5 rings (SSSR count). The summed E-state index contributed by atoms with van der Waals surface area (Å²) in [5, 5.41) is 3.83. The molecule has 2 amide bonds. The Morgan fingerprint density at radius 2 is 1.84 bits per heavy atom. The topological polar surface area (TPSA) is 62.3 Å². The summed E-state index contributed by atoms with van der Waals surface area (Å²) in [5.74, 6) is -1.16. The van der Waals surface area contributed by atoms with Gasteiger partial charge in [-0.1, -0.05) is 6.07 Å². The van der Waals surface area contributed by atoms with E-state index in [9.17, 15) is 14.0 Å². The Morgan fingerprint density at radius 3 is 2.59 bits per heavy atom. The SMILES string of the molecule is Cc1ccc2nc(-c3ccc(NC(=O)[C@H]4CC(=O)N(c5ccc(F)cc5)C4)cc3)sc2c1. The molecule has 7 heteroatoms. The third-order valence-electron chi connectivity index (χ3n) is 5.58. The first-order chi connectivity index (χ1) is 15.5.